The van der Waals surface area contributed by atoms with Crippen molar-refractivity contribution in [3.8, 4) is 23.0 Å². The Morgan fingerprint density at radius 2 is 1.28 bits per heavy atom. The standard InChI is InChI=1S/C22H23NO5.ClH/c1-23-12-16(8-14-4-6-20(27-2)18(24)10-14)22(26)17(13-23)9-15-5-7-21(28-3)19(25)11-15;/h4-11,24-25H,12-13H2,1-3H3;1H/b16-8+,17-9+;. The molecule has 7 heteroatoms. The number of piperidine rings is 1. The van der Waals surface area contributed by atoms with E-state index in [9.17, 15) is 15.0 Å². The van der Waals surface area contributed by atoms with Gasteiger partial charge in [-0.3, -0.25) is 9.69 Å². The summed E-state index contributed by atoms with van der Waals surface area (Å²) in [5.41, 5.74) is 2.70. The van der Waals surface area contributed by atoms with Crippen molar-refractivity contribution in [1.82, 2.24) is 4.90 Å². The van der Waals surface area contributed by atoms with E-state index >= 15 is 0 Å². The summed E-state index contributed by atoms with van der Waals surface area (Å²) < 4.78 is 10.1. The fourth-order valence-electron chi connectivity index (χ4n) is 3.21. The summed E-state index contributed by atoms with van der Waals surface area (Å²) in [6.45, 7) is 1.02. The van der Waals surface area contributed by atoms with Crippen molar-refractivity contribution in [2.75, 3.05) is 34.4 Å². The maximum absolute atomic E-state index is 13.0. The Morgan fingerprint density at radius 3 is 1.62 bits per heavy atom. The van der Waals surface area contributed by atoms with E-state index in [1.165, 1.54) is 14.2 Å². The van der Waals surface area contributed by atoms with Crippen LogP contribution in [-0.4, -0.2) is 55.3 Å². The van der Waals surface area contributed by atoms with E-state index in [2.05, 4.69) is 0 Å². The zero-order chi connectivity index (χ0) is 20.3. The highest BCUT2D eigenvalue weighted by molar-refractivity contribution is 6.14. The van der Waals surface area contributed by atoms with Crippen molar-refractivity contribution in [2.45, 2.75) is 0 Å². The van der Waals surface area contributed by atoms with Crippen molar-refractivity contribution >= 4 is 30.3 Å². The number of phenols is 2. The van der Waals surface area contributed by atoms with Crippen molar-refractivity contribution in [1.29, 1.82) is 0 Å². The lowest BCUT2D eigenvalue weighted by molar-refractivity contribution is -0.113. The van der Waals surface area contributed by atoms with Gasteiger partial charge in [0.15, 0.2) is 28.8 Å². The molecule has 0 unspecified atom stereocenters. The zero-order valence-corrected chi connectivity index (χ0v) is 17.3. The fraction of sp³-hybridized carbons (Fsp3) is 0.227. The zero-order valence-electron chi connectivity index (χ0n) is 16.5. The molecule has 29 heavy (non-hydrogen) atoms. The first-order valence-electron chi connectivity index (χ1n) is 8.79. The van der Waals surface area contributed by atoms with Crippen molar-refractivity contribution in [3.05, 3.63) is 58.7 Å². The molecule has 0 amide bonds. The molecule has 2 N–H and O–H groups in total. The molecule has 6 nitrogen and oxygen atoms in total. The number of likely N-dealkylation sites (N-methyl/N-ethyl adjacent to an activating group) is 1. The number of Topliss-reactive ketones (excluding diaryl/α,β-unsaturated/α-hetero) is 1. The van der Waals surface area contributed by atoms with Crippen LogP contribution in [-0.2, 0) is 4.79 Å². The highest BCUT2D eigenvalue weighted by Crippen LogP contribution is 2.30. The maximum Gasteiger partial charge on any atom is 0.187 e. The molecule has 0 atom stereocenters. The molecular weight excluding hydrogens is 394 g/mol. The van der Waals surface area contributed by atoms with E-state index in [1.807, 2.05) is 11.9 Å². The van der Waals surface area contributed by atoms with Crippen LogP contribution in [0.3, 0.4) is 0 Å². The number of aromatic hydroxyl groups is 2. The van der Waals surface area contributed by atoms with Gasteiger partial charge in [-0.2, -0.15) is 0 Å². The molecule has 2 aromatic rings. The van der Waals surface area contributed by atoms with E-state index in [4.69, 9.17) is 9.47 Å². The molecule has 0 radical (unpaired) electrons. The summed E-state index contributed by atoms with van der Waals surface area (Å²) in [6.07, 6.45) is 3.55. The molecular formula is C22H24ClNO5. The number of carbonyl (C=O) groups excluding carboxylic acids is 1. The van der Waals surface area contributed by atoms with Crippen LogP contribution in [0.5, 0.6) is 23.0 Å². The number of benzene rings is 2. The Labute approximate surface area is 176 Å². The molecule has 0 saturated carbocycles. The summed E-state index contributed by atoms with van der Waals surface area (Å²) >= 11 is 0. The third-order valence-electron chi connectivity index (χ3n) is 4.55. The second kappa shape index (κ2) is 9.49. The smallest absolute Gasteiger partial charge is 0.187 e. The highest BCUT2D eigenvalue weighted by Gasteiger charge is 2.24. The van der Waals surface area contributed by atoms with Gasteiger partial charge < -0.3 is 19.7 Å². The van der Waals surface area contributed by atoms with Crippen LogP contribution >= 0.6 is 12.4 Å². The minimum atomic E-state index is -0.0521. The van der Waals surface area contributed by atoms with E-state index < -0.39 is 0 Å². The third kappa shape index (κ3) is 5.10. The molecule has 1 heterocycles. The number of carbonyl (C=O) groups is 1. The van der Waals surface area contributed by atoms with Crippen molar-refractivity contribution < 1.29 is 24.5 Å². The summed E-state index contributed by atoms with van der Waals surface area (Å²) in [4.78, 5) is 15.0. The van der Waals surface area contributed by atoms with Gasteiger partial charge in [-0.05, 0) is 54.6 Å². The molecule has 0 spiro atoms. The molecule has 2 aromatic carbocycles. The Hall–Kier alpha value is -2.96. The number of halogens is 1. The van der Waals surface area contributed by atoms with Crippen LogP contribution in [0, 0.1) is 0 Å². The Morgan fingerprint density at radius 1 is 0.862 bits per heavy atom. The van der Waals surface area contributed by atoms with Gasteiger partial charge >= 0.3 is 0 Å². The van der Waals surface area contributed by atoms with Gasteiger partial charge in [0.1, 0.15) is 0 Å². The van der Waals surface area contributed by atoms with E-state index in [0.717, 1.165) is 11.1 Å². The number of rotatable bonds is 4. The van der Waals surface area contributed by atoms with E-state index in [-0.39, 0.29) is 29.7 Å². The molecule has 3 rings (SSSR count). The lowest BCUT2D eigenvalue weighted by Gasteiger charge is -2.26. The topological polar surface area (TPSA) is 79.2 Å². The van der Waals surface area contributed by atoms with Crippen LogP contribution in [0.4, 0.5) is 0 Å². The van der Waals surface area contributed by atoms with Gasteiger partial charge in [-0.15, -0.1) is 12.4 Å². The summed E-state index contributed by atoms with van der Waals surface area (Å²) in [5, 5.41) is 19.9. The SMILES string of the molecule is COc1ccc(/C=C2\CN(C)C/C(=C\c3ccc(OC)c(O)c3)C2=O)cc1O.Cl. The predicted molar refractivity (Wildman–Crippen MR) is 115 cm³/mol. The minimum Gasteiger partial charge on any atom is -0.504 e. The number of likely N-dealkylation sites (tertiary alicyclic amines) is 1. The number of phenolic OH excluding ortho intramolecular Hbond substituents is 2. The summed E-state index contributed by atoms with van der Waals surface area (Å²) in [6, 6.07) is 10.0. The predicted octanol–water partition coefficient (Wildman–Crippen LogP) is 3.52. The second-order valence-electron chi connectivity index (χ2n) is 6.70. The van der Waals surface area contributed by atoms with E-state index in [0.29, 0.717) is 35.7 Å². The van der Waals surface area contributed by atoms with Gasteiger partial charge in [-0.1, -0.05) is 12.1 Å². The molecule has 1 aliphatic rings. The fourth-order valence-corrected chi connectivity index (χ4v) is 3.21. The average molecular weight is 418 g/mol. The monoisotopic (exact) mass is 417 g/mol. The number of methoxy groups -OCH3 is 2. The van der Waals surface area contributed by atoms with Crippen molar-refractivity contribution in [2.24, 2.45) is 0 Å². The molecule has 154 valence electrons. The molecule has 1 fully saturated rings. The number of hydrogen-bond acceptors (Lipinski definition) is 6. The summed E-state index contributed by atoms with van der Waals surface area (Å²) in [5.74, 6) is 0.767. The van der Waals surface area contributed by atoms with Crippen LogP contribution in [0.1, 0.15) is 11.1 Å². The first kappa shape index (κ1) is 22.3. The van der Waals surface area contributed by atoms with Gasteiger partial charge in [-0.25, -0.2) is 0 Å². The Bertz CT molecular complexity index is 892. The molecule has 0 aromatic heterocycles. The Balaban J connectivity index is 0.00000300. The minimum absolute atomic E-state index is 0. The number of ether oxygens (including phenoxy) is 2. The number of hydrogen-bond donors (Lipinski definition) is 2. The molecule has 1 saturated heterocycles. The quantitative estimate of drug-likeness (QED) is 0.741. The van der Waals surface area contributed by atoms with Crippen LogP contribution in [0.2, 0.25) is 0 Å². The second-order valence-corrected chi connectivity index (χ2v) is 6.70. The normalized spacial score (nSPS) is 17.3. The maximum atomic E-state index is 13.0. The lowest BCUT2D eigenvalue weighted by atomic mass is 9.94. The lowest BCUT2D eigenvalue weighted by Crippen LogP contribution is -2.34. The average Bonchev–Trinajstić information content (AvgIpc) is 2.66. The van der Waals surface area contributed by atoms with Crippen LogP contribution in [0.15, 0.2) is 47.5 Å². The van der Waals surface area contributed by atoms with Crippen LogP contribution in [0.25, 0.3) is 12.2 Å². The van der Waals surface area contributed by atoms with Gasteiger partial charge in [0.2, 0.25) is 0 Å². The van der Waals surface area contributed by atoms with Crippen molar-refractivity contribution in [3.63, 3.8) is 0 Å². The van der Waals surface area contributed by atoms with E-state index in [1.54, 1.807) is 48.6 Å². The Kier molecular flexibility index (Phi) is 7.31. The summed E-state index contributed by atoms with van der Waals surface area (Å²) in [7, 11) is 4.91. The number of ketones is 1. The first-order valence-corrected chi connectivity index (χ1v) is 8.79. The largest absolute Gasteiger partial charge is 0.504 e. The van der Waals surface area contributed by atoms with Crippen LogP contribution < -0.4 is 9.47 Å². The highest BCUT2D eigenvalue weighted by atomic mass is 35.5. The van der Waals surface area contributed by atoms with Gasteiger partial charge in [0.05, 0.1) is 14.2 Å². The van der Waals surface area contributed by atoms with Gasteiger partial charge in [0.25, 0.3) is 0 Å². The molecule has 1 aliphatic heterocycles. The van der Waals surface area contributed by atoms with Gasteiger partial charge in [0, 0.05) is 24.2 Å². The molecule has 0 aliphatic carbocycles. The third-order valence-corrected chi connectivity index (χ3v) is 4.55. The number of nitrogens with zero attached hydrogens (tertiary/aromatic N) is 1. The first-order chi connectivity index (χ1) is 13.4. The molecule has 0 bridgehead atoms.